The second-order valence-corrected chi connectivity index (χ2v) is 9.03. The molecule has 1 saturated carbocycles. The van der Waals surface area contributed by atoms with Crippen LogP contribution in [0.5, 0.6) is 0 Å². The summed E-state index contributed by atoms with van der Waals surface area (Å²) in [5, 5.41) is 15.1. The van der Waals surface area contributed by atoms with Gasteiger partial charge in [0.2, 0.25) is 11.0 Å². The maximum Gasteiger partial charge on any atom is 0.321 e. The minimum absolute atomic E-state index is 0.0814. The van der Waals surface area contributed by atoms with E-state index < -0.39 is 0 Å². The van der Waals surface area contributed by atoms with Crippen LogP contribution in [-0.2, 0) is 10.2 Å². The molecule has 2 fully saturated rings. The molecular weight excluding hydrogens is 338 g/mol. The lowest BCUT2D eigenvalue weighted by molar-refractivity contribution is -0.129. The van der Waals surface area contributed by atoms with E-state index in [0.29, 0.717) is 24.1 Å². The zero-order chi connectivity index (χ0) is 18.0. The van der Waals surface area contributed by atoms with Crippen molar-refractivity contribution in [2.24, 2.45) is 5.92 Å². The average molecular weight is 366 g/mol. The van der Waals surface area contributed by atoms with Crippen molar-refractivity contribution in [1.82, 2.24) is 20.4 Å². The summed E-state index contributed by atoms with van der Waals surface area (Å²) in [6, 6.07) is 0.131. The molecule has 138 valence electrons. The molecule has 2 N–H and O–H groups in total. The molecule has 25 heavy (non-hydrogen) atoms. The van der Waals surface area contributed by atoms with E-state index >= 15 is 0 Å². The lowest BCUT2D eigenvalue weighted by Crippen LogP contribution is -2.36. The Hall–Kier alpha value is -1.70. The molecule has 7 nitrogen and oxygen atoms in total. The summed E-state index contributed by atoms with van der Waals surface area (Å²) in [5.74, 6) is 0.427. The van der Waals surface area contributed by atoms with Crippen LogP contribution in [0.4, 0.5) is 9.93 Å². The van der Waals surface area contributed by atoms with Crippen LogP contribution < -0.4 is 10.6 Å². The Morgan fingerprint density at radius 1 is 1.28 bits per heavy atom. The Morgan fingerprint density at radius 2 is 2.00 bits per heavy atom. The molecule has 3 amide bonds. The van der Waals surface area contributed by atoms with Crippen LogP contribution in [0.2, 0.25) is 0 Å². The lowest BCUT2D eigenvalue weighted by atomic mass is 9.98. The Labute approximate surface area is 152 Å². The van der Waals surface area contributed by atoms with Crippen molar-refractivity contribution in [2.75, 3.05) is 18.4 Å². The van der Waals surface area contributed by atoms with Crippen LogP contribution in [0.15, 0.2) is 0 Å². The minimum Gasteiger partial charge on any atom is -0.339 e. The maximum absolute atomic E-state index is 12.2. The fraction of sp³-hybridized carbons (Fsp3) is 0.765. The van der Waals surface area contributed by atoms with Gasteiger partial charge in [0.25, 0.3) is 0 Å². The van der Waals surface area contributed by atoms with Crippen LogP contribution in [0, 0.1) is 5.92 Å². The first-order valence-electron chi connectivity index (χ1n) is 9.01. The summed E-state index contributed by atoms with van der Waals surface area (Å²) in [6.45, 7) is 7.45. The minimum atomic E-state index is -0.289. The van der Waals surface area contributed by atoms with Crippen LogP contribution in [0.25, 0.3) is 0 Å². The third-order valence-corrected chi connectivity index (χ3v) is 6.11. The molecule has 1 saturated heterocycles. The molecule has 0 unspecified atom stereocenters. The fourth-order valence-electron chi connectivity index (χ4n) is 3.47. The number of hydrogen-bond acceptors (Lipinski definition) is 5. The van der Waals surface area contributed by atoms with Crippen molar-refractivity contribution < 1.29 is 9.59 Å². The topological polar surface area (TPSA) is 87.2 Å². The van der Waals surface area contributed by atoms with Gasteiger partial charge in [0.05, 0.1) is 0 Å². The maximum atomic E-state index is 12.2. The summed E-state index contributed by atoms with van der Waals surface area (Å²) in [4.78, 5) is 26.3. The van der Waals surface area contributed by atoms with Crippen molar-refractivity contribution in [1.29, 1.82) is 0 Å². The fourth-order valence-corrected chi connectivity index (χ4v) is 4.27. The molecule has 1 atom stereocenters. The molecule has 2 aliphatic rings. The summed E-state index contributed by atoms with van der Waals surface area (Å²) < 4.78 is 0. The lowest BCUT2D eigenvalue weighted by Gasteiger charge is -2.24. The number of urea groups is 1. The Kier molecular flexibility index (Phi) is 5.27. The van der Waals surface area contributed by atoms with Gasteiger partial charge in [-0.25, -0.2) is 4.79 Å². The van der Waals surface area contributed by atoms with E-state index in [-0.39, 0.29) is 23.3 Å². The van der Waals surface area contributed by atoms with Gasteiger partial charge in [-0.05, 0) is 12.8 Å². The average Bonchev–Trinajstić information content (AvgIpc) is 3.24. The zero-order valence-corrected chi connectivity index (χ0v) is 16.0. The van der Waals surface area contributed by atoms with Crippen molar-refractivity contribution in [3.8, 4) is 0 Å². The first-order chi connectivity index (χ1) is 11.8. The van der Waals surface area contributed by atoms with Crippen molar-refractivity contribution >= 4 is 28.4 Å². The molecule has 2 heterocycles. The highest BCUT2D eigenvalue weighted by atomic mass is 32.1. The number of rotatable bonds is 4. The Morgan fingerprint density at radius 3 is 2.64 bits per heavy atom. The van der Waals surface area contributed by atoms with Gasteiger partial charge in [0, 0.05) is 36.9 Å². The van der Waals surface area contributed by atoms with Gasteiger partial charge in [-0.1, -0.05) is 44.9 Å². The number of aromatic nitrogens is 2. The number of carbonyl (C=O) groups excluding carboxylic acids is 2. The predicted octanol–water partition coefficient (Wildman–Crippen LogP) is 2.75. The highest BCUT2D eigenvalue weighted by molar-refractivity contribution is 7.15. The van der Waals surface area contributed by atoms with E-state index in [9.17, 15) is 9.59 Å². The monoisotopic (exact) mass is 365 g/mol. The van der Waals surface area contributed by atoms with E-state index in [4.69, 9.17) is 0 Å². The van der Waals surface area contributed by atoms with Crippen LogP contribution in [0.3, 0.4) is 0 Å². The van der Waals surface area contributed by atoms with E-state index in [2.05, 4.69) is 41.6 Å². The Balaban J connectivity index is 1.45. The van der Waals surface area contributed by atoms with Crippen molar-refractivity contribution in [2.45, 2.75) is 64.3 Å². The number of nitrogens with one attached hydrogen (secondary N) is 2. The van der Waals surface area contributed by atoms with E-state index in [1.807, 2.05) is 4.90 Å². The molecule has 0 radical (unpaired) electrons. The quantitative estimate of drug-likeness (QED) is 0.859. The van der Waals surface area contributed by atoms with E-state index in [0.717, 1.165) is 24.4 Å². The Bertz CT molecular complexity index is 633. The van der Waals surface area contributed by atoms with Crippen LogP contribution in [0.1, 0.15) is 57.9 Å². The summed E-state index contributed by atoms with van der Waals surface area (Å²) in [7, 11) is 0. The van der Waals surface area contributed by atoms with Gasteiger partial charge in [-0.3, -0.25) is 10.1 Å². The SMILES string of the molecule is CC(C)(C)c1nnc(NC(=O)NC[C@H]2CC(=O)N(C3CCCC3)C2)s1. The van der Waals surface area contributed by atoms with Gasteiger partial charge >= 0.3 is 6.03 Å². The molecule has 0 bridgehead atoms. The first-order valence-corrected chi connectivity index (χ1v) is 9.83. The standard InChI is InChI=1S/C17H27N5O2S/c1-17(2,3)14-20-21-16(25-14)19-15(24)18-9-11-8-13(23)22(10-11)12-6-4-5-7-12/h11-12H,4-10H2,1-3H3,(H2,18,19,21,24)/t11-/m1/s1. The summed E-state index contributed by atoms with van der Waals surface area (Å²) >= 11 is 1.39. The molecule has 1 aromatic heterocycles. The van der Waals surface area contributed by atoms with E-state index in [1.54, 1.807) is 0 Å². The summed E-state index contributed by atoms with van der Waals surface area (Å²) in [5.41, 5.74) is -0.0814. The van der Waals surface area contributed by atoms with E-state index in [1.165, 1.54) is 24.2 Å². The van der Waals surface area contributed by atoms with Gasteiger partial charge in [-0.2, -0.15) is 0 Å². The first kappa shape index (κ1) is 18.1. The second kappa shape index (κ2) is 7.27. The largest absolute Gasteiger partial charge is 0.339 e. The van der Waals surface area contributed by atoms with Crippen LogP contribution in [-0.4, -0.2) is 46.2 Å². The molecule has 1 aliphatic heterocycles. The smallest absolute Gasteiger partial charge is 0.321 e. The number of likely N-dealkylation sites (tertiary alicyclic amines) is 1. The molecule has 1 aromatic rings. The van der Waals surface area contributed by atoms with Gasteiger partial charge < -0.3 is 10.2 Å². The second-order valence-electron chi connectivity index (χ2n) is 8.05. The number of amides is 3. The summed E-state index contributed by atoms with van der Waals surface area (Å²) in [6.07, 6.45) is 5.22. The third-order valence-electron chi connectivity index (χ3n) is 4.84. The van der Waals surface area contributed by atoms with Gasteiger partial charge in [0.1, 0.15) is 5.01 Å². The molecular formula is C17H27N5O2S. The predicted molar refractivity (Wildman–Crippen MR) is 97.7 cm³/mol. The highest BCUT2D eigenvalue weighted by Gasteiger charge is 2.35. The third kappa shape index (κ3) is 4.48. The normalized spacial score (nSPS) is 21.8. The zero-order valence-electron chi connectivity index (χ0n) is 15.2. The molecule has 0 aromatic carbocycles. The molecule has 0 spiro atoms. The number of hydrogen-bond donors (Lipinski definition) is 2. The number of carbonyl (C=O) groups is 2. The van der Waals surface area contributed by atoms with Gasteiger partial charge in [-0.15, -0.1) is 10.2 Å². The van der Waals surface area contributed by atoms with Crippen molar-refractivity contribution in [3.63, 3.8) is 0 Å². The highest BCUT2D eigenvalue weighted by Crippen LogP contribution is 2.29. The molecule has 1 aliphatic carbocycles. The number of nitrogens with zero attached hydrogens (tertiary/aromatic N) is 3. The number of anilines is 1. The van der Waals surface area contributed by atoms with Gasteiger partial charge in [0.15, 0.2) is 0 Å². The van der Waals surface area contributed by atoms with Crippen LogP contribution >= 0.6 is 11.3 Å². The van der Waals surface area contributed by atoms with Crippen molar-refractivity contribution in [3.05, 3.63) is 5.01 Å². The molecule has 8 heteroatoms. The molecule has 3 rings (SSSR count).